The van der Waals surface area contributed by atoms with Gasteiger partial charge in [0.05, 0.1) is 6.26 Å². The first-order chi connectivity index (χ1) is 10.7. The lowest BCUT2D eigenvalue weighted by Gasteiger charge is -2.12. The zero-order chi connectivity index (χ0) is 15.1. The number of H-pyrrole nitrogens is 1. The van der Waals surface area contributed by atoms with E-state index in [1.165, 1.54) is 11.1 Å². The van der Waals surface area contributed by atoms with Gasteiger partial charge in [-0.25, -0.2) is 14.5 Å². The van der Waals surface area contributed by atoms with Crippen LogP contribution in [0.2, 0.25) is 0 Å². The number of aromatic nitrogens is 4. The highest BCUT2D eigenvalue weighted by molar-refractivity contribution is 5.77. The van der Waals surface area contributed by atoms with E-state index < -0.39 is 0 Å². The third kappa shape index (κ3) is 1.88. The van der Waals surface area contributed by atoms with E-state index in [0.29, 0.717) is 11.5 Å². The Morgan fingerprint density at radius 3 is 2.68 bits per heavy atom. The van der Waals surface area contributed by atoms with Gasteiger partial charge in [-0.2, -0.15) is 0 Å². The highest BCUT2D eigenvalue weighted by Crippen LogP contribution is 2.32. The second-order valence-electron chi connectivity index (χ2n) is 5.20. The van der Waals surface area contributed by atoms with Crippen LogP contribution in [0.3, 0.4) is 0 Å². The molecule has 1 aromatic carbocycles. The van der Waals surface area contributed by atoms with E-state index in [9.17, 15) is 0 Å². The Morgan fingerprint density at radius 2 is 1.95 bits per heavy atom. The van der Waals surface area contributed by atoms with Gasteiger partial charge in [-0.1, -0.05) is 18.2 Å². The van der Waals surface area contributed by atoms with Crippen LogP contribution in [0.4, 0.5) is 11.5 Å². The smallest absolute Gasteiger partial charge is 0.253 e. The summed E-state index contributed by atoms with van der Waals surface area (Å²) < 4.78 is 7.31. The Morgan fingerprint density at radius 1 is 1.14 bits per heavy atom. The van der Waals surface area contributed by atoms with Crippen LogP contribution < -0.4 is 5.32 Å². The van der Waals surface area contributed by atoms with Gasteiger partial charge in [-0.3, -0.25) is 5.10 Å². The first-order valence-corrected chi connectivity index (χ1v) is 7.03. The summed E-state index contributed by atoms with van der Waals surface area (Å²) in [4.78, 5) is 8.75. The average Bonchev–Trinajstić information content (AvgIpc) is 3.20. The lowest BCUT2D eigenvalue weighted by atomic mass is 10.1. The fourth-order valence-electron chi connectivity index (χ4n) is 2.59. The molecule has 0 aliphatic heterocycles. The number of hydrogen-bond donors (Lipinski definition) is 2. The summed E-state index contributed by atoms with van der Waals surface area (Å²) in [5.41, 5.74) is 4.12. The third-order valence-corrected chi connectivity index (χ3v) is 3.71. The summed E-state index contributed by atoms with van der Waals surface area (Å²) in [5.74, 6) is 2.10. The third-order valence-electron chi connectivity index (χ3n) is 3.71. The fraction of sp³-hybridized carbons (Fsp3) is 0.125. The van der Waals surface area contributed by atoms with Gasteiger partial charge in [0.1, 0.15) is 6.33 Å². The molecule has 0 spiro atoms. The standard InChI is InChI=1S/C16H15N5O/c1-10-5-3-6-11(2)13(10)19-15-14(12-7-4-8-22-12)20-16-17-9-18-21(15)16/h3-9,19H,1-2H3,(H,17,18,20). The van der Waals surface area contributed by atoms with Crippen molar-refractivity contribution in [3.63, 3.8) is 0 Å². The van der Waals surface area contributed by atoms with Gasteiger partial charge in [0.2, 0.25) is 0 Å². The second-order valence-corrected chi connectivity index (χ2v) is 5.20. The molecule has 4 rings (SSSR count). The minimum atomic E-state index is 0.597. The molecule has 6 nitrogen and oxygen atoms in total. The number of nitrogens with zero attached hydrogens (tertiary/aromatic N) is 3. The fourth-order valence-corrected chi connectivity index (χ4v) is 2.59. The quantitative estimate of drug-likeness (QED) is 0.604. The molecule has 6 heteroatoms. The first kappa shape index (κ1) is 12.7. The zero-order valence-electron chi connectivity index (χ0n) is 12.3. The molecule has 0 unspecified atom stereocenters. The van der Waals surface area contributed by atoms with E-state index in [0.717, 1.165) is 17.2 Å². The highest BCUT2D eigenvalue weighted by Gasteiger charge is 2.19. The molecule has 3 heterocycles. The van der Waals surface area contributed by atoms with Gasteiger partial charge in [0.25, 0.3) is 5.78 Å². The number of aromatic amines is 1. The van der Waals surface area contributed by atoms with Gasteiger partial charge in [-0.05, 0) is 37.1 Å². The molecular weight excluding hydrogens is 278 g/mol. The zero-order valence-corrected chi connectivity index (χ0v) is 12.3. The van der Waals surface area contributed by atoms with Crippen LogP contribution in [-0.2, 0) is 0 Å². The van der Waals surface area contributed by atoms with E-state index in [4.69, 9.17) is 4.42 Å². The Balaban J connectivity index is 1.90. The largest absolute Gasteiger partial charge is 0.463 e. The van der Waals surface area contributed by atoms with Gasteiger partial charge in [0.15, 0.2) is 17.3 Å². The van der Waals surface area contributed by atoms with Crippen LogP contribution in [0.15, 0.2) is 47.3 Å². The summed E-state index contributed by atoms with van der Waals surface area (Å²) in [6, 6.07) is 9.93. The summed E-state index contributed by atoms with van der Waals surface area (Å²) >= 11 is 0. The van der Waals surface area contributed by atoms with Crippen molar-refractivity contribution in [3.05, 3.63) is 54.0 Å². The van der Waals surface area contributed by atoms with Crippen molar-refractivity contribution in [1.82, 2.24) is 19.6 Å². The van der Waals surface area contributed by atoms with E-state index in [1.807, 2.05) is 22.7 Å². The predicted octanol–water partition coefficient (Wildman–Crippen LogP) is 3.68. The van der Waals surface area contributed by atoms with Crippen LogP contribution in [0.25, 0.3) is 17.2 Å². The van der Waals surface area contributed by atoms with Crippen molar-refractivity contribution in [2.45, 2.75) is 13.8 Å². The van der Waals surface area contributed by atoms with Crippen LogP contribution in [0, 0.1) is 13.8 Å². The molecule has 0 aliphatic rings. The lowest BCUT2D eigenvalue weighted by Crippen LogP contribution is -2.01. The van der Waals surface area contributed by atoms with Gasteiger partial charge in [-0.15, -0.1) is 0 Å². The van der Waals surface area contributed by atoms with Crippen LogP contribution >= 0.6 is 0 Å². The second kappa shape index (κ2) is 4.77. The maximum atomic E-state index is 5.50. The molecule has 0 saturated carbocycles. The maximum Gasteiger partial charge on any atom is 0.253 e. The van der Waals surface area contributed by atoms with Crippen molar-refractivity contribution < 1.29 is 4.42 Å². The van der Waals surface area contributed by atoms with Crippen molar-refractivity contribution in [2.75, 3.05) is 5.32 Å². The minimum absolute atomic E-state index is 0.597. The van der Waals surface area contributed by atoms with Gasteiger partial charge < -0.3 is 9.73 Å². The maximum absolute atomic E-state index is 5.50. The van der Waals surface area contributed by atoms with Gasteiger partial charge >= 0.3 is 0 Å². The van der Waals surface area contributed by atoms with Crippen molar-refractivity contribution >= 4 is 17.3 Å². The van der Waals surface area contributed by atoms with E-state index in [2.05, 4.69) is 46.4 Å². The number of aryl methyl sites for hydroxylation is 2. The Labute approximate surface area is 126 Å². The average molecular weight is 293 g/mol. The van der Waals surface area contributed by atoms with Crippen LogP contribution in [-0.4, -0.2) is 19.6 Å². The SMILES string of the molecule is Cc1cccc(C)c1Nc1c(-c2ccco2)nc2nc[nH]n12. The van der Waals surface area contributed by atoms with Crippen LogP contribution in [0.1, 0.15) is 11.1 Å². The molecule has 4 aromatic rings. The molecule has 0 radical (unpaired) electrons. The molecule has 3 aromatic heterocycles. The molecule has 0 atom stereocenters. The number of hydrogen-bond acceptors (Lipinski definition) is 4. The normalized spacial score (nSPS) is 11.2. The Hall–Kier alpha value is -3.02. The van der Waals surface area contributed by atoms with Crippen molar-refractivity contribution in [3.8, 4) is 11.5 Å². The molecule has 0 amide bonds. The number of fused-ring (bicyclic) bond motifs is 1. The predicted molar refractivity (Wildman–Crippen MR) is 84.2 cm³/mol. The summed E-state index contributed by atoms with van der Waals surface area (Å²) in [5, 5.41) is 6.54. The summed E-state index contributed by atoms with van der Waals surface area (Å²) in [6.45, 7) is 4.15. The number of anilines is 2. The summed E-state index contributed by atoms with van der Waals surface area (Å²) in [6.07, 6.45) is 3.25. The van der Waals surface area contributed by atoms with Crippen molar-refractivity contribution in [1.29, 1.82) is 0 Å². The number of rotatable bonds is 3. The molecule has 110 valence electrons. The molecule has 22 heavy (non-hydrogen) atoms. The summed E-state index contributed by atoms with van der Waals surface area (Å²) in [7, 11) is 0. The van der Waals surface area contributed by atoms with Crippen molar-refractivity contribution in [2.24, 2.45) is 0 Å². The minimum Gasteiger partial charge on any atom is -0.463 e. The monoisotopic (exact) mass is 293 g/mol. The molecule has 0 fully saturated rings. The molecule has 0 bridgehead atoms. The molecular formula is C16H15N5O. The van der Waals surface area contributed by atoms with Gasteiger partial charge in [0, 0.05) is 5.69 Å². The Kier molecular flexibility index (Phi) is 2.75. The highest BCUT2D eigenvalue weighted by atomic mass is 16.3. The van der Waals surface area contributed by atoms with E-state index in [1.54, 1.807) is 12.6 Å². The number of nitrogens with one attached hydrogen (secondary N) is 2. The number of imidazole rings is 1. The lowest BCUT2D eigenvalue weighted by molar-refractivity contribution is 0.580. The molecule has 0 aliphatic carbocycles. The van der Waals surface area contributed by atoms with E-state index in [-0.39, 0.29) is 0 Å². The number of furan rings is 1. The number of para-hydroxylation sites is 1. The number of benzene rings is 1. The van der Waals surface area contributed by atoms with Crippen LogP contribution in [0.5, 0.6) is 0 Å². The molecule has 0 saturated heterocycles. The Bertz CT molecular complexity index is 913. The topological polar surface area (TPSA) is 71.2 Å². The molecule has 2 N–H and O–H groups in total. The van der Waals surface area contributed by atoms with E-state index >= 15 is 0 Å². The first-order valence-electron chi connectivity index (χ1n) is 7.03.